The van der Waals surface area contributed by atoms with Crippen molar-refractivity contribution in [3.05, 3.63) is 59.1 Å². The van der Waals surface area contributed by atoms with Gasteiger partial charge in [-0.3, -0.25) is 0 Å². The number of halogens is 4. The number of nitrogens with zero attached hydrogens (tertiary/aromatic N) is 1. The standard InChI is InChI=1S/C24H27F4NO2S/c25-20-12-15(11-19(13-20)24(26,27)28)3-2-8-32-22-21(23(30)31)4-1-7-29(22)14-18-10-16-5-6-17(18)9-16/h1,4,7,11-13,16-18,22H,2-3,5-6,8-10,14H2,(H,30,31). The zero-order valence-corrected chi connectivity index (χ0v) is 18.5. The smallest absolute Gasteiger partial charge is 0.416 e. The molecule has 174 valence electrons. The number of hydrogen-bond acceptors (Lipinski definition) is 3. The molecule has 0 saturated heterocycles. The number of benzene rings is 1. The Balaban J connectivity index is 1.36. The molecular weight excluding hydrogens is 442 g/mol. The van der Waals surface area contributed by atoms with E-state index in [2.05, 4.69) is 4.90 Å². The van der Waals surface area contributed by atoms with Crippen LogP contribution in [0.2, 0.25) is 0 Å². The third-order valence-corrected chi connectivity index (χ3v) is 8.23. The number of hydrogen-bond donors (Lipinski definition) is 1. The van der Waals surface area contributed by atoms with Crippen LogP contribution in [0.1, 0.15) is 43.2 Å². The molecular formula is C24H27F4NO2S. The molecule has 1 aliphatic heterocycles. The lowest BCUT2D eigenvalue weighted by Crippen LogP contribution is -2.39. The summed E-state index contributed by atoms with van der Waals surface area (Å²) in [4.78, 5) is 13.9. The van der Waals surface area contributed by atoms with Crippen molar-refractivity contribution in [1.29, 1.82) is 0 Å². The average Bonchev–Trinajstić information content (AvgIpc) is 3.34. The van der Waals surface area contributed by atoms with Crippen molar-refractivity contribution >= 4 is 17.7 Å². The van der Waals surface area contributed by atoms with Crippen LogP contribution in [0.25, 0.3) is 0 Å². The third-order valence-electron chi connectivity index (χ3n) is 6.87. The first-order valence-electron chi connectivity index (χ1n) is 11.1. The van der Waals surface area contributed by atoms with E-state index in [4.69, 9.17) is 0 Å². The van der Waals surface area contributed by atoms with E-state index >= 15 is 0 Å². The van der Waals surface area contributed by atoms with Crippen LogP contribution in [-0.2, 0) is 17.4 Å². The van der Waals surface area contributed by atoms with E-state index in [1.54, 1.807) is 12.2 Å². The molecule has 0 aromatic heterocycles. The summed E-state index contributed by atoms with van der Waals surface area (Å²) < 4.78 is 52.4. The molecule has 2 saturated carbocycles. The van der Waals surface area contributed by atoms with Crippen LogP contribution in [0.5, 0.6) is 0 Å². The van der Waals surface area contributed by atoms with Gasteiger partial charge in [0.1, 0.15) is 11.2 Å². The highest BCUT2D eigenvalue weighted by atomic mass is 32.2. The SMILES string of the molecule is O=C(O)C1=CC=CN(CC2CC3CCC2C3)C1SCCCc1cc(F)cc(C(F)(F)F)c1. The number of aliphatic carboxylic acids is 1. The molecule has 0 amide bonds. The second-order valence-electron chi connectivity index (χ2n) is 9.07. The zero-order valence-electron chi connectivity index (χ0n) is 17.7. The lowest BCUT2D eigenvalue weighted by Gasteiger charge is -2.36. The monoisotopic (exact) mass is 469 g/mol. The minimum Gasteiger partial charge on any atom is -0.478 e. The molecule has 1 aromatic rings. The fourth-order valence-corrected chi connectivity index (χ4v) is 6.66. The topological polar surface area (TPSA) is 40.5 Å². The highest BCUT2D eigenvalue weighted by Crippen LogP contribution is 2.49. The van der Waals surface area contributed by atoms with Crippen molar-refractivity contribution in [2.75, 3.05) is 12.3 Å². The van der Waals surface area contributed by atoms with Crippen LogP contribution in [0.15, 0.2) is 42.1 Å². The fourth-order valence-electron chi connectivity index (χ4n) is 5.42. The molecule has 2 bridgehead atoms. The maximum Gasteiger partial charge on any atom is 0.416 e. The van der Waals surface area contributed by atoms with Crippen molar-refractivity contribution in [3.8, 4) is 0 Å². The minimum atomic E-state index is -4.58. The maximum atomic E-state index is 13.6. The second-order valence-corrected chi connectivity index (χ2v) is 10.3. The molecule has 4 unspecified atom stereocenters. The molecule has 3 aliphatic rings. The number of fused-ring (bicyclic) bond motifs is 2. The lowest BCUT2D eigenvalue weighted by molar-refractivity contribution is -0.138. The van der Waals surface area contributed by atoms with Gasteiger partial charge >= 0.3 is 12.1 Å². The molecule has 0 spiro atoms. The first-order valence-corrected chi connectivity index (χ1v) is 12.1. The second kappa shape index (κ2) is 9.49. The normalized spacial score (nSPS) is 27.1. The first kappa shape index (κ1) is 23.2. The number of thioether (sulfide) groups is 1. The van der Waals surface area contributed by atoms with Gasteiger partial charge in [0, 0.05) is 12.7 Å². The van der Waals surface area contributed by atoms with Crippen LogP contribution in [0.4, 0.5) is 17.6 Å². The summed E-state index contributed by atoms with van der Waals surface area (Å²) in [5.41, 5.74) is -0.356. The van der Waals surface area contributed by atoms with E-state index in [0.29, 0.717) is 41.7 Å². The van der Waals surface area contributed by atoms with Gasteiger partial charge in [0.25, 0.3) is 0 Å². The summed E-state index contributed by atoms with van der Waals surface area (Å²) in [6, 6.07) is 2.62. The fraction of sp³-hybridized carbons (Fsp3) is 0.542. The summed E-state index contributed by atoms with van der Waals surface area (Å²) in [5.74, 6) is 0.843. The Morgan fingerprint density at radius 3 is 2.66 bits per heavy atom. The highest BCUT2D eigenvalue weighted by Gasteiger charge is 2.41. The number of alkyl halides is 3. The van der Waals surface area contributed by atoms with E-state index < -0.39 is 23.5 Å². The number of carbonyl (C=O) groups is 1. The minimum absolute atomic E-state index is 0.300. The molecule has 4 atom stereocenters. The van der Waals surface area contributed by atoms with Gasteiger partial charge in [-0.05, 0) is 91.5 Å². The Bertz CT molecular complexity index is 914. The van der Waals surface area contributed by atoms with Crippen LogP contribution in [0, 0.1) is 23.6 Å². The van der Waals surface area contributed by atoms with E-state index in [1.807, 2.05) is 6.20 Å². The van der Waals surface area contributed by atoms with Gasteiger partial charge < -0.3 is 10.0 Å². The van der Waals surface area contributed by atoms with Gasteiger partial charge in [0.05, 0.1) is 11.1 Å². The lowest BCUT2D eigenvalue weighted by atomic mass is 9.88. The first-order chi connectivity index (χ1) is 15.2. The van der Waals surface area contributed by atoms with Gasteiger partial charge in [-0.15, -0.1) is 11.8 Å². The van der Waals surface area contributed by atoms with Crippen LogP contribution in [-0.4, -0.2) is 33.6 Å². The van der Waals surface area contributed by atoms with Gasteiger partial charge in [-0.1, -0.05) is 6.42 Å². The van der Waals surface area contributed by atoms with Crippen molar-refractivity contribution < 1.29 is 27.5 Å². The Labute approximate surface area is 189 Å². The van der Waals surface area contributed by atoms with E-state index in [9.17, 15) is 27.5 Å². The van der Waals surface area contributed by atoms with E-state index in [1.165, 1.54) is 37.4 Å². The molecule has 4 rings (SSSR count). The quantitative estimate of drug-likeness (QED) is 0.368. The molecule has 8 heteroatoms. The summed E-state index contributed by atoms with van der Waals surface area (Å²) in [5, 5.41) is 9.35. The van der Waals surface area contributed by atoms with Crippen LogP contribution >= 0.6 is 11.8 Å². The zero-order chi connectivity index (χ0) is 22.9. The predicted molar refractivity (Wildman–Crippen MR) is 116 cm³/mol. The summed E-state index contributed by atoms with van der Waals surface area (Å²) in [6.45, 7) is 0.832. The Kier molecular flexibility index (Phi) is 6.89. The van der Waals surface area contributed by atoms with Crippen molar-refractivity contribution in [3.63, 3.8) is 0 Å². The largest absolute Gasteiger partial charge is 0.478 e. The van der Waals surface area contributed by atoms with Crippen LogP contribution in [0.3, 0.4) is 0 Å². The van der Waals surface area contributed by atoms with Crippen molar-refractivity contribution in [2.45, 2.75) is 50.1 Å². The third kappa shape index (κ3) is 5.33. The van der Waals surface area contributed by atoms with Gasteiger partial charge in [-0.2, -0.15) is 13.2 Å². The van der Waals surface area contributed by atoms with Crippen molar-refractivity contribution in [2.24, 2.45) is 17.8 Å². The number of carboxylic acid groups (broad SMARTS) is 1. The molecule has 0 radical (unpaired) electrons. The summed E-state index contributed by atoms with van der Waals surface area (Å²) >= 11 is 1.49. The molecule has 32 heavy (non-hydrogen) atoms. The molecule has 1 heterocycles. The predicted octanol–water partition coefficient (Wildman–Crippen LogP) is 6.11. The molecule has 3 nitrogen and oxygen atoms in total. The van der Waals surface area contributed by atoms with Gasteiger partial charge in [0.15, 0.2) is 0 Å². The van der Waals surface area contributed by atoms with E-state index in [-0.39, 0.29) is 5.37 Å². The van der Waals surface area contributed by atoms with Gasteiger partial charge in [-0.25, -0.2) is 9.18 Å². The summed E-state index contributed by atoms with van der Waals surface area (Å²) in [6.07, 6.45) is 6.67. The van der Waals surface area contributed by atoms with Gasteiger partial charge in [0.2, 0.25) is 0 Å². The van der Waals surface area contributed by atoms with Crippen molar-refractivity contribution in [1.82, 2.24) is 4.90 Å². The number of rotatable bonds is 8. The van der Waals surface area contributed by atoms with E-state index in [0.717, 1.165) is 30.5 Å². The molecule has 2 fully saturated rings. The maximum absolute atomic E-state index is 13.6. The molecule has 1 aromatic carbocycles. The Hall–Kier alpha value is -1.96. The average molecular weight is 470 g/mol. The Morgan fingerprint density at radius 1 is 1.19 bits per heavy atom. The number of carboxylic acids is 1. The number of aryl methyl sites for hydroxylation is 1. The molecule has 2 aliphatic carbocycles. The highest BCUT2D eigenvalue weighted by molar-refractivity contribution is 8.00. The number of allylic oxidation sites excluding steroid dienone is 2. The Morgan fingerprint density at radius 2 is 2.00 bits per heavy atom. The summed E-state index contributed by atoms with van der Waals surface area (Å²) in [7, 11) is 0. The van der Waals surface area contributed by atoms with Crippen LogP contribution < -0.4 is 0 Å². The molecule has 1 N–H and O–H groups in total.